The summed E-state index contributed by atoms with van der Waals surface area (Å²) in [5.74, 6) is 3.76. The van der Waals surface area contributed by atoms with Crippen LogP contribution in [0, 0.1) is 0 Å². The number of likely N-dealkylation sites (tertiary alicyclic amines) is 2. The Morgan fingerprint density at radius 1 is 1.14 bits per heavy atom. The fraction of sp³-hybridized carbons (Fsp3) is 0.714. The van der Waals surface area contributed by atoms with Gasteiger partial charge in [0.15, 0.2) is 5.16 Å². The quantitative estimate of drug-likeness (QED) is 0.621. The van der Waals surface area contributed by atoms with E-state index in [0.717, 1.165) is 42.8 Å². The topological polar surface area (TPSA) is 50.3 Å². The van der Waals surface area contributed by atoms with Gasteiger partial charge in [-0.3, -0.25) is 4.90 Å². The zero-order valence-electron chi connectivity index (χ0n) is 17.2. The van der Waals surface area contributed by atoms with Gasteiger partial charge in [0.05, 0.1) is 12.8 Å². The molecule has 2 aliphatic heterocycles. The Labute approximate surface area is 172 Å². The third-order valence-corrected chi connectivity index (χ3v) is 6.80. The second kappa shape index (κ2) is 9.46. The maximum atomic E-state index is 5.55. The van der Waals surface area contributed by atoms with Crippen LogP contribution in [0.4, 0.5) is 0 Å². The molecule has 0 saturated carbocycles. The lowest BCUT2D eigenvalue weighted by molar-refractivity contribution is 0.181. The van der Waals surface area contributed by atoms with Gasteiger partial charge in [0.2, 0.25) is 0 Å². The normalized spacial score (nSPS) is 21.8. The Hall–Kier alpha value is -1.31. The highest BCUT2D eigenvalue weighted by molar-refractivity contribution is 7.99. The highest BCUT2D eigenvalue weighted by atomic mass is 32.2. The first-order valence-electron chi connectivity index (χ1n) is 10.8. The molecule has 1 atom stereocenters. The van der Waals surface area contributed by atoms with Crippen LogP contribution in [0.1, 0.15) is 63.1 Å². The highest BCUT2D eigenvalue weighted by Gasteiger charge is 2.28. The number of thioether (sulfide) groups is 1. The summed E-state index contributed by atoms with van der Waals surface area (Å²) in [5.41, 5.74) is 0. The first kappa shape index (κ1) is 20.0. The minimum Gasteiger partial charge on any atom is -0.468 e. The lowest BCUT2D eigenvalue weighted by atomic mass is 9.97. The molecule has 154 valence electrons. The molecule has 0 aliphatic carbocycles. The van der Waals surface area contributed by atoms with Crippen LogP contribution < -0.4 is 0 Å². The van der Waals surface area contributed by atoms with Gasteiger partial charge in [-0.1, -0.05) is 11.8 Å². The van der Waals surface area contributed by atoms with E-state index in [2.05, 4.69) is 44.5 Å². The molecule has 4 rings (SSSR count). The second-order valence-electron chi connectivity index (χ2n) is 8.36. The van der Waals surface area contributed by atoms with Gasteiger partial charge in [-0.15, -0.1) is 10.2 Å². The van der Waals surface area contributed by atoms with E-state index in [0.29, 0.717) is 12.0 Å². The molecule has 0 aromatic carbocycles. The fourth-order valence-electron chi connectivity index (χ4n) is 4.46. The molecule has 2 aromatic rings. The van der Waals surface area contributed by atoms with Gasteiger partial charge in [0, 0.05) is 30.8 Å². The average Bonchev–Trinajstić information content (AvgIpc) is 3.44. The van der Waals surface area contributed by atoms with Gasteiger partial charge in [-0.25, -0.2) is 0 Å². The van der Waals surface area contributed by atoms with Crippen molar-refractivity contribution in [1.82, 2.24) is 24.6 Å². The Bertz CT molecular complexity index is 723. The summed E-state index contributed by atoms with van der Waals surface area (Å²) >= 11 is 1.87. The standard InChI is InChI=1S/C21H33N5OS/c1-17(2)26-20(22-23-21(26)28-14-12-24-9-3-4-10-24)18-7-5-11-25(15-18)16-19-8-6-13-27-19/h6,8,13,17-18H,3-5,7,9-12,14-16H2,1-2H3/t18-/m1/s1. The summed E-state index contributed by atoms with van der Waals surface area (Å²) in [6.07, 6.45) is 6.86. The van der Waals surface area contributed by atoms with Crippen LogP contribution in [-0.2, 0) is 6.54 Å². The molecule has 0 N–H and O–H groups in total. The third-order valence-electron chi connectivity index (χ3n) is 5.87. The van der Waals surface area contributed by atoms with Crippen molar-refractivity contribution in [3.63, 3.8) is 0 Å². The Morgan fingerprint density at radius 2 is 1.96 bits per heavy atom. The monoisotopic (exact) mass is 403 g/mol. The maximum absolute atomic E-state index is 5.55. The molecule has 0 amide bonds. The highest BCUT2D eigenvalue weighted by Crippen LogP contribution is 2.31. The van der Waals surface area contributed by atoms with E-state index in [4.69, 9.17) is 4.42 Å². The number of furan rings is 1. The number of rotatable bonds is 8. The van der Waals surface area contributed by atoms with Crippen LogP contribution in [0.2, 0.25) is 0 Å². The molecular formula is C21H33N5OS. The van der Waals surface area contributed by atoms with E-state index >= 15 is 0 Å². The molecular weight excluding hydrogens is 370 g/mol. The van der Waals surface area contributed by atoms with Gasteiger partial charge in [-0.05, 0) is 71.3 Å². The van der Waals surface area contributed by atoms with Gasteiger partial charge in [0.1, 0.15) is 11.6 Å². The summed E-state index contributed by atoms with van der Waals surface area (Å²) in [6, 6.07) is 4.42. The van der Waals surface area contributed by atoms with Gasteiger partial charge in [-0.2, -0.15) is 0 Å². The van der Waals surface area contributed by atoms with Crippen molar-refractivity contribution in [2.75, 3.05) is 38.5 Å². The minimum absolute atomic E-state index is 0.389. The number of hydrogen-bond acceptors (Lipinski definition) is 6. The molecule has 2 saturated heterocycles. The SMILES string of the molecule is CC(C)n1c(SCCN2CCCC2)nnc1[C@@H]1CCCN(Cc2ccco2)C1. The van der Waals surface area contributed by atoms with Crippen molar-refractivity contribution in [3.05, 3.63) is 30.0 Å². The van der Waals surface area contributed by atoms with Crippen LogP contribution in [0.5, 0.6) is 0 Å². The van der Waals surface area contributed by atoms with E-state index in [1.165, 1.54) is 44.6 Å². The number of nitrogens with zero attached hydrogens (tertiary/aromatic N) is 5. The van der Waals surface area contributed by atoms with Crippen molar-refractivity contribution < 1.29 is 4.42 Å². The second-order valence-corrected chi connectivity index (χ2v) is 9.42. The van der Waals surface area contributed by atoms with E-state index in [9.17, 15) is 0 Å². The zero-order valence-corrected chi connectivity index (χ0v) is 18.0. The van der Waals surface area contributed by atoms with E-state index < -0.39 is 0 Å². The molecule has 0 radical (unpaired) electrons. The van der Waals surface area contributed by atoms with Crippen molar-refractivity contribution in [2.24, 2.45) is 0 Å². The molecule has 0 bridgehead atoms. The predicted octanol–water partition coefficient (Wildman–Crippen LogP) is 4.02. The first-order valence-corrected chi connectivity index (χ1v) is 11.7. The van der Waals surface area contributed by atoms with Crippen LogP contribution in [0.15, 0.2) is 28.0 Å². The number of hydrogen-bond donors (Lipinski definition) is 0. The van der Waals surface area contributed by atoms with Gasteiger partial charge < -0.3 is 13.9 Å². The average molecular weight is 404 g/mol. The van der Waals surface area contributed by atoms with Gasteiger partial charge in [0.25, 0.3) is 0 Å². The van der Waals surface area contributed by atoms with Crippen molar-refractivity contribution in [3.8, 4) is 0 Å². The molecule has 6 nitrogen and oxygen atoms in total. The fourth-order valence-corrected chi connectivity index (χ4v) is 5.53. The largest absolute Gasteiger partial charge is 0.468 e. The molecule has 2 fully saturated rings. The molecule has 7 heteroatoms. The summed E-state index contributed by atoms with van der Waals surface area (Å²) < 4.78 is 7.93. The molecule has 2 aliphatic rings. The zero-order chi connectivity index (χ0) is 19.3. The summed E-state index contributed by atoms with van der Waals surface area (Å²) in [7, 11) is 0. The van der Waals surface area contributed by atoms with Crippen molar-refractivity contribution in [1.29, 1.82) is 0 Å². The lowest BCUT2D eigenvalue weighted by Crippen LogP contribution is -2.35. The van der Waals surface area contributed by atoms with Crippen molar-refractivity contribution >= 4 is 11.8 Å². The lowest BCUT2D eigenvalue weighted by Gasteiger charge is -2.32. The van der Waals surface area contributed by atoms with Crippen LogP contribution in [-0.4, -0.2) is 63.0 Å². The third kappa shape index (κ3) is 4.81. The Balaban J connectivity index is 1.40. The summed E-state index contributed by atoms with van der Waals surface area (Å²) in [4.78, 5) is 5.06. The summed E-state index contributed by atoms with van der Waals surface area (Å²) in [5, 5.41) is 10.4. The van der Waals surface area contributed by atoms with E-state index in [1.807, 2.05) is 17.8 Å². The molecule has 28 heavy (non-hydrogen) atoms. The molecule has 0 unspecified atom stereocenters. The molecule has 2 aromatic heterocycles. The van der Waals surface area contributed by atoms with Gasteiger partial charge >= 0.3 is 0 Å². The van der Waals surface area contributed by atoms with E-state index in [-0.39, 0.29) is 0 Å². The summed E-state index contributed by atoms with van der Waals surface area (Å²) in [6.45, 7) is 11.2. The van der Waals surface area contributed by atoms with Crippen LogP contribution in [0.25, 0.3) is 0 Å². The van der Waals surface area contributed by atoms with Crippen LogP contribution >= 0.6 is 11.8 Å². The predicted molar refractivity (Wildman–Crippen MR) is 113 cm³/mol. The molecule has 0 spiro atoms. The smallest absolute Gasteiger partial charge is 0.191 e. The number of piperidine rings is 1. The first-order chi connectivity index (χ1) is 13.7. The Morgan fingerprint density at radius 3 is 2.71 bits per heavy atom. The maximum Gasteiger partial charge on any atom is 0.191 e. The van der Waals surface area contributed by atoms with Crippen LogP contribution in [0.3, 0.4) is 0 Å². The van der Waals surface area contributed by atoms with E-state index in [1.54, 1.807) is 6.26 Å². The Kier molecular flexibility index (Phi) is 6.75. The van der Waals surface area contributed by atoms with Crippen molar-refractivity contribution in [2.45, 2.75) is 63.2 Å². The number of aromatic nitrogens is 3. The minimum atomic E-state index is 0.389. The molecule has 4 heterocycles.